The van der Waals surface area contributed by atoms with E-state index < -0.39 is 29.3 Å². The number of para-hydroxylation sites is 1. The van der Waals surface area contributed by atoms with Crippen LogP contribution in [0.1, 0.15) is 21.5 Å². The maximum atomic E-state index is 14.9. The summed E-state index contributed by atoms with van der Waals surface area (Å²) in [6.45, 7) is 3.82. The minimum Gasteiger partial charge on any atom is -0.240 e. The smallest absolute Gasteiger partial charge is 0.240 e. The van der Waals surface area contributed by atoms with E-state index in [1.807, 2.05) is 6.07 Å². The van der Waals surface area contributed by atoms with Crippen molar-refractivity contribution in [1.82, 2.24) is 4.58 Å². The third-order valence-electron chi connectivity index (χ3n) is 4.73. The number of urea groups is 1. The second-order valence-corrected chi connectivity index (χ2v) is 6.70. The second-order valence-electron chi connectivity index (χ2n) is 6.70. The SMILES string of the molecule is C=c1cccc2c1=[N+](C)C(=O)N(c1c(F)cc(C#Cc3ccccc3)cc1F)C2=O. The minimum atomic E-state index is -1.06. The molecule has 30 heavy (non-hydrogen) atoms. The molecule has 0 N–H and O–H groups in total. The van der Waals surface area contributed by atoms with Crippen LogP contribution in [-0.2, 0) is 0 Å². The molecule has 4 nitrogen and oxygen atoms in total. The van der Waals surface area contributed by atoms with Crippen molar-refractivity contribution >= 4 is 24.2 Å². The van der Waals surface area contributed by atoms with Gasteiger partial charge >= 0.3 is 11.9 Å². The normalized spacial score (nSPS) is 13.0. The Morgan fingerprint density at radius 1 is 0.900 bits per heavy atom. The van der Waals surface area contributed by atoms with Crippen molar-refractivity contribution in [1.29, 1.82) is 0 Å². The monoisotopic (exact) mass is 401 g/mol. The van der Waals surface area contributed by atoms with Crippen LogP contribution in [-0.4, -0.2) is 19.0 Å². The Balaban J connectivity index is 1.80. The van der Waals surface area contributed by atoms with Crippen LogP contribution < -0.4 is 20.1 Å². The molecule has 1 aliphatic rings. The van der Waals surface area contributed by atoms with Crippen molar-refractivity contribution in [3.63, 3.8) is 0 Å². The molecule has 0 saturated carbocycles. The minimum absolute atomic E-state index is 0.0864. The van der Waals surface area contributed by atoms with Gasteiger partial charge in [0.2, 0.25) is 5.69 Å². The fourth-order valence-corrected chi connectivity index (χ4v) is 3.33. The van der Waals surface area contributed by atoms with Gasteiger partial charge in [-0.05, 0) is 30.3 Å². The Hall–Kier alpha value is -4.11. The number of fused-ring (bicyclic) bond motifs is 1. The van der Waals surface area contributed by atoms with Crippen molar-refractivity contribution in [2.45, 2.75) is 0 Å². The molecule has 1 aliphatic heterocycles. The van der Waals surface area contributed by atoms with Crippen LogP contribution >= 0.6 is 0 Å². The third-order valence-corrected chi connectivity index (χ3v) is 4.73. The fourth-order valence-electron chi connectivity index (χ4n) is 3.33. The summed E-state index contributed by atoms with van der Waals surface area (Å²) < 4.78 is 30.9. The molecule has 0 bridgehead atoms. The van der Waals surface area contributed by atoms with E-state index in [2.05, 4.69) is 18.4 Å². The van der Waals surface area contributed by atoms with Gasteiger partial charge in [0.25, 0.3) is 0 Å². The van der Waals surface area contributed by atoms with Crippen LogP contribution in [0.3, 0.4) is 0 Å². The number of rotatable bonds is 1. The van der Waals surface area contributed by atoms with Crippen molar-refractivity contribution < 1.29 is 18.4 Å². The van der Waals surface area contributed by atoms with Gasteiger partial charge in [-0.1, -0.05) is 48.8 Å². The average Bonchev–Trinajstić information content (AvgIpc) is 2.73. The van der Waals surface area contributed by atoms with Gasteiger partial charge in [0.15, 0.2) is 17.0 Å². The predicted octanol–water partition coefficient (Wildman–Crippen LogP) is 2.68. The topological polar surface area (TPSA) is 40.4 Å². The highest BCUT2D eigenvalue weighted by Crippen LogP contribution is 2.27. The van der Waals surface area contributed by atoms with E-state index in [0.717, 1.165) is 16.7 Å². The maximum Gasteiger partial charge on any atom is 0.506 e. The molecule has 0 aliphatic carbocycles. The molecule has 3 aromatic rings. The van der Waals surface area contributed by atoms with Crippen LogP contribution in [0.2, 0.25) is 0 Å². The zero-order valence-corrected chi connectivity index (χ0v) is 15.9. The Morgan fingerprint density at radius 3 is 2.20 bits per heavy atom. The Morgan fingerprint density at radius 2 is 1.53 bits per heavy atom. The third kappa shape index (κ3) is 3.16. The predicted molar refractivity (Wildman–Crippen MR) is 109 cm³/mol. The van der Waals surface area contributed by atoms with E-state index in [1.54, 1.807) is 36.4 Å². The Labute approximate surface area is 171 Å². The van der Waals surface area contributed by atoms with E-state index in [-0.39, 0.29) is 11.1 Å². The Kier molecular flexibility index (Phi) is 4.72. The summed E-state index contributed by atoms with van der Waals surface area (Å²) in [4.78, 5) is 26.2. The van der Waals surface area contributed by atoms with Crippen molar-refractivity contribution in [3.05, 3.63) is 99.6 Å². The molecule has 3 amide bonds. The van der Waals surface area contributed by atoms with Gasteiger partial charge in [-0.25, -0.2) is 13.6 Å². The summed E-state index contributed by atoms with van der Waals surface area (Å²) in [5.74, 6) is 2.57. The second kappa shape index (κ2) is 7.37. The van der Waals surface area contributed by atoms with Crippen LogP contribution in [0.4, 0.5) is 19.3 Å². The molecule has 0 unspecified atom stereocenters. The zero-order chi connectivity index (χ0) is 21.4. The lowest BCUT2D eigenvalue weighted by Crippen LogP contribution is -2.58. The van der Waals surface area contributed by atoms with Gasteiger partial charge in [0.05, 0.1) is 7.05 Å². The molecule has 0 atom stereocenters. The van der Waals surface area contributed by atoms with E-state index in [1.165, 1.54) is 13.1 Å². The van der Waals surface area contributed by atoms with Gasteiger partial charge in [0, 0.05) is 16.3 Å². The molecule has 146 valence electrons. The first-order valence-corrected chi connectivity index (χ1v) is 9.01. The number of carbonyl (C=O) groups is 2. The fraction of sp³-hybridized carbons (Fsp3) is 0.0417. The lowest BCUT2D eigenvalue weighted by Gasteiger charge is -2.19. The number of anilines is 1. The van der Waals surface area contributed by atoms with Crippen molar-refractivity contribution in [2.24, 2.45) is 0 Å². The summed E-state index contributed by atoms with van der Waals surface area (Å²) in [5.41, 5.74) is 0.174. The summed E-state index contributed by atoms with van der Waals surface area (Å²) in [5, 5.41) is 0.777. The van der Waals surface area contributed by atoms with Crippen molar-refractivity contribution in [2.75, 3.05) is 11.9 Å². The highest BCUT2D eigenvalue weighted by atomic mass is 19.1. The summed E-state index contributed by atoms with van der Waals surface area (Å²) >= 11 is 0. The van der Waals surface area contributed by atoms with E-state index >= 15 is 0 Å². The van der Waals surface area contributed by atoms with E-state index in [0.29, 0.717) is 21.0 Å². The molecule has 0 spiro atoms. The largest absolute Gasteiger partial charge is 0.506 e. The van der Waals surface area contributed by atoms with Gasteiger partial charge in [-0.3, -0.25) is 0 Å². The number of carbonyl (C=O) groups excluding carboxylic acids is 2. The lowest BCUT2D eigenvalue weighted by atomic mass is 10.1. The number of halogens is 2. The number of benzene rings is 3. The number of hydrogen-bond acceptors (Lipinski definition) is 2. The first kappa shape index (κ1) is 19.2. The average molecular weight is 401 g/mol. The van der Waals surface area contributed by atoms with Gasteiger partial charge in [0.1, 0.15) is 5.56 Å². The lowest BCUT2D eigenvalue weighted by molar-refractivity contribution is 0.0984. The van der Waals surface area contributed by atoms with E-state index in [9.17, 15) is 18.4 Å². The Bertz CT molecular complexity index is 1360. The first-order valence-electron chi connectivity index (χ1n) is 9.01. The van der Waals surface area contributed by atoms with Gasteiger partial charge < -0.3 is 0 Å². The summed E-state index contributed by atoms with van der Waals surface area (Å²) in [7, 11) is 1.42. The molecule has 3 aromatic carbocycles. The molecule has 0 saturated heterocycles. The number of nitrogens with zero attached hydrogens (tertiary/aromatic N) is 2. The quantitative estimate of drug-likeness (QED) is 0.465. The molecule has 6 heteroatoms. The molecule has 1 heterocycles. The van der Waals surface area contributed by atoms with Gasteiger partial charge in [-0.15, -0.1) is 4.90 Å². The molecule has 4 rings (SSSR count). The molecule has 0 aromatic heterocycles. The first-order chi connectivity index (χ1) is 14.4. The summed E-state index contributed by atoms with van der Waals surface area (Å²) in [6.07, 6.45) is 0. The van der Waals surface area contributed by atoms with Crippen LogP contribution in [0, 0.1) is 23.5 Å². The molecule has 0 fully saturated rings. The molecule has 0 radical (unpaired) electrons. The highest BCUT2D eigenvalue weighted by molar-refractivity contribution is 6.22. The van der Waals surface area contributed by atoms with Gasteiger partial charge in [-0.2, -0.15) is 9.37 Å². The van der Waals surface area contributed by atoms with Crippen LogP contribution in [0.5, 0.6) is 0 Å². The highest BCUT2D eigenvalue weighted by Gasteiger charge is 2.44. The standard InChI is InChI=1S/C24H15F2N2O2/c1-15-7-6-10-18-21(15)27(2)24(30)28(23(18)29)22-19(25)13-17(14-20(22)26)12-11-16-8-4-3-5-9-16/h3-10,13-14H,1H2,2H3/q+1. The maximum absolute atomic E-state index is 14.9. The van der Waals surface area contributed by atoms with Crippen LogP contribution in [0.15, 0.2) is 60.7 Å². The number of imide groups is 1. The van der Waals surface area contributed by atoms with Crippen molar-refractivity contribution in [3.8, 4) is 11.8 Å². The molecular weight excluding hydrogens is 386 g/mol. The summed E-state index contributed by atoms with van der Waals surface area (Å²) in [6, 6.07) is 14.8. The zero-order valence-electron chi connectivity index (χ0n) is 15.9. The number of amides is 3. The number of hydrogen-bond donors (Lipinski definition) is 0. The van der Waals surface area contributed by atoms with Crippen LogP contribution in [0.25, 0.3) is 6.58 Å². The molecular formula is C24H15F2N2O2+. The van der Waals surface area contributed by atoms with E-state index in [4.69, 9.17) is 0 Å².